The molecule has 4 heteroatoms. The first-order valence-corrected chi connectivity index (χ1v) is 4.41. The summed E-state index contributed by atoms with van der Waals surface area (Å²) in [5, 5.41) is 11.4. The van der Waals surface area contributed by atoms with Crippen LogP contribution in [0.25, 0.3) is 0 Å². The van der Waals surface area contributed by atoms with Crippen LogP contribution in [-0.4, -0.2) is 17.7 Å². The van der Waals surface area contributed by atoms with E-state index in [0.29, 0.717) is 5.71 Å². The Labute approximate surface area is 75.7 Å². The van der Waals surface area contributed by atoms with Crippen LogP contribution in [0.5, 0.6) is 0 Å². The number of nitrogens with one attached hydrogen (secondary N) is 2. The van der Waals surface area contributed by atoms with Crippen molar-refractivity contribution in [2.45, 2.75) is 6.92 Å². The number of allylic oxidation sites excluding steroid dienone is 1. The van der Waals surface area contributed by atoms with Gasteiger partial charge in [-0.05, 0) is 19.2 Å². The summed E-state index contributed by atoms with van der Waals surface area (Å²) in [5.41, 5.74) is 0.495. The lowest BCUT2D eigenvalue weighted by Crippen LogP contribution is -1.96. The van der Waals surface area contributed by atoms with Crippen molar-refractivity contribution in [3.63, 3.8) is 0 Å². The fraction of sp³-hybridized carbons (Fsp3) is 0.250. The Morgan fingerprint density at radius 3 is 3.00 bits per heavy atom. The standard InChI is InChI=1S/C8H11N3S/c1-6-11-5-8(12-6)7(9)3-4-10-2/h3-5,9-10H,1-2H3/b4-3-,9-7?. The highest BCUT2D eigenvalue weighted by atomic mass is 32.1. The fourth-order valence-electron chi connectivity index (χ4n) is 0.735. The maximum atomic E-state index is 7.59. The zero-order chi connectivity index (χ0) is 8.97. The SMILES string of the molecule is CN/C=C\C(=N)c1cnc(C)s1. The molecule has 0 aromatic carbocycles. The molecule has 64 valence electrons. The van der Waals surface area contributed by atoms with Gasteiger partial charge in [0.25, 0.3) is 0 Å². The highest BCUT2D eigenvalue weighted by Crippen LogP contribution is 2.12. The van der Waals surface area contributed by atoms with E-state index in [1.54, 1.807) is 18.5 Å². The monoisotopic (exact) mass is 181 g/mol. The molecule has 0 fully saturated rings. The average molecular weight is 181 g/mol. The summed E-state index contributed by atoms with van der Waals surface area (Å²) in [4.78, 5) is 4.97. The summed E-state index contributed by atoms with van der Waals surface area (Å²) >= 11 is 1.53. The first-order valence-electron chi connectivity index (χ1n) is 3.59. The Hall–Kier alpha value is -1.16. The van der Waals surface area contributed by atoms with Gasteiger partial charge in [0.05, 0.1) is 15.6 Å². The van der Waals surface area contributed by atoms with E-state index >= 15 is 0 Å². The minimum Gasteiger partial charge on any atom is -0.394 e. The van der Waals surface area contributed by atoms with E-state index in [4.69, 9.17) is 5.41 Å². The first kappa shape index (κ1) is 8.93. The van der Waals surface area contributed by atoms with Crippen LogP contribution >= 0.6 is 11.3 Å². The van der Waals surface area contributed by atoms with Crippen LogP contribution in [0.4, 0.5) is 0 Å². The van der Waals surface area contributed by atoms with Gasteiger partial charge in [0.2, 0.25) is 0 Å². The maximum absolute atomic E-state index is 7.59. The molecule has 2 N–H and O–H groups in total. The molecule has 1 aromatic heterocycles. The number of aromatic nitrogens is 1. The van der Waals surface area contributed by atoms with Crippen molar-refractivity contribution < 1.29 is 0 Å². The number of rotatable bonds is 3. The predicted molar refractivity (Wildman–Crippen MR) is 51.9 cm³/mol. The van der Waals surface area contributed by atoms with E-state index < -0.39 is 0 Å². The van der Waals surface area contributed by atoms with Crippen molar-refractivity contribution >= 4 is 17.0 Å². The van der Waals surface area contributed by atoms with E-state index in [1.165, 1.54) is 11.3 Å². The molecule has 3 nitrogen and oxygen atoms in total. The third-order valence-electron chi connectivity index (χ3n) is 1.30. The average Bonchev–Trinajstić information content (AvgIpc) is 2.47. The molecule has 1 aromatic rings. The third kappa shape index (κ3) is 2.17. The molecular weight excluding hydrogens is 170 g/mol. The van der Waals surface area contributed by atoms with Crippen molar-refractivity contribution in [3.8, 4) is 0 Å². The van der Waals surface area contributed by atoms with Gasteiger partial charge in [-0.2, -0.15) is 0 Å². The van der Waals surface area contributed by atoms with Gasteiger partial charge >= 0.3 is 0 Å². The smallest absolute Gasteiger partial charge is 0.0901 e. The van der Waals surface area contributed by atoms with Crippen LogP contribution in [-0.2, 0) is 0 Å². The van der Waals surface area contributed by atoms with Crippen molar-refractivity contribution in [2.24, 2.45) is 0 Å². The lowest BCUT2D eigenvalue weighted by molar-refractivity contribution is 1.10. The van der Waals surface area contributed by atoms with Gasteiger partial charge in [-0.15, -0.1) is 11.3 Å². The lowest BCUT2D eigenvalue weighted by atomic mass is 10.3. The van der Waals surface area contributed by atoms with E-state index in [9.17, 15) is 0 Å². The van der Waals surface area contributed by atoms with Gasteiger partial charge in [0.15, 0.2) is 0 Å². The Morgan fingerprint density at radius 2 is 2.50 bits per heavy atom. The Balaban J connectivity index is 2.72. The highest BCUT2D eigenvalue weighted by Gasteiger charge is 2.00. The van der Waals surface area contributed by atoms with Gasteiger partial charge in [-0.25, -0.2) is 4.98 Å². The molecule has 0 atom stereocenters. The third-order valence-corrected chi connectivity index (χ3v) is 2.25. The molecule has 1 rings (SSSR count). The summed E-state index contributed by atoms with van der Waals surface area (Å²) < 4.78 is 0. The molecule has 0 saturated heterocycles. The Morgan fingerprint density at radius 1 is 1.75 bits per heavy atom. The molecule has 0 spiro atoms. The maximum Gasteiger partial charge on any atom is 0.0901 e. The first-order chi connectivity index (χ1) is 5.74. The zero-order valence-corrected chi connectivity index (χ0v) is 7.90. The van der Waals surface area contributed by atoms with Crippen LogP contribution in [0.2, 0.25) is 0 Å². The van der Waals surface area contributed by atoms with E-state index in [1.807, 2.05) is 14.0 Å². The van der Waals surface area contributed by atoms with Crippen molar-refractivity contribution in [3.05, 3.63) is 28.4 Å². The van der Waals surface area contributed by atoms with Crippen molar-refractivity contribution in [2.75, 3.05) is 7.05 Å². The summed E-state index contributed by atoms with van der Waals surface area (Å²) in [6.45, 7) is 1.93. The van der Waals surface area contributed by atoms with Gasteiger partial charge < -0.3 is 5.32 Å². The zero-order valence-electron chi connectivity index (χ0n) is 7.09. The van der Waals surface area contributed by atoms with Crippen molar-refractivity contribution in [1.82, 2.24) is 10.3 Å². The second-order valence-electron chi connectivity index (χ2n) is 2.28. The molecule has 0 unspecified atom stereocenters. The minimum absolute atomic E-state index is 0.495. The second kappa shape index (κ2) is 4.01. The number of aryl methyl sites for hydroxylation is 1. The topological polar surface area (TPSA) is 48.8 Å². The number of hydrogen-bond donors (Lipinski definition) is 2. The van der Waals surface area contributed by atoms with Gasteiger partial charge in [-0.3, -0.25) is 5.41 Å². The second-order valence-corrected chi connectivity index (χ2v) is 3.51. The molecule has 0 radical (unpaired) electrons. The summed E-state index contributed by atoms with van der Waals surface area (Å²) in [7, 11) is 1.81. The van der Waals surface area contributed by atoms with Crippen LogP contribution < -0.4 is 5.32 Å². The largest absolute Gasteiger partial charge is 0.394 e. The molecule has 0 aliphatic carbocycles. The summed E-state index contributed by atoms with van der Waals surface area (Å²) in [6, 6.07) is 0. The molecule has 0 aliphatic rings. The highest BCUT2D eigenvalue weighted by molar-refractivity contribution is 7.13. The van der Waals surface area contributed by atoms with E-state index in [0.717, 1.165) is 9.88 Å². The Kier molecular flexibility index (Phi) is 2.99. The van der Waals surface area contributed by atoms with Gasteiger partial charge in [0.1, 0.15) is 0 Å². The minimum atomic E-state index is 0.495. The Bertz CT molecular complexity index is 301. The van der Waals surface area contributed by atoms with E-state index in [2.05, 4.69) is 10.3 Å². The summed E-state index contributed by atoms with van der Waals surface area (Å²) in [5.74, 6) is 0. The molecule has 0 aliphatic heterocycles. The molecule has 0 amide bonds. The number of hydrogen-bond acceptors (Lipinski definition) is 4. The molecular formula is C8H11N3S. The normalized spacial score (nSPS) is 10.5. The quantitative estimate of drug-likeness (QED) is 0.695. The van der Waals surface area contributed by atoms with Crippen LogP contribution in [0, 0.1) is 12.3 Å². The van der Waals surface area contributed by atoms with Crippen LogP contribution in [0.15, 0.2) is 18.5 Å². The predicted octanol–water partition coefficient (Wildman–Crippen LogP) is 1.55. The van der Waals surface area contributed by atoms with Crippen molar-refractivity contribution in [1.29, 1.82) is 5.41 Å². The number of thiazole rings is 1. The lowest BCUT2D eigenvalue weighted by Gasteiger charge is -1.90. The summed E-state index contributed by atoms with van der Waals surface area (Å²) in [6.07, 6.45) is 5.17. The number of nitrogens with zero attached hydrogens (tertiary/aromatic N) is 1. The molecule has 0 bridgehead atoms. The molecule has 1 heterocycles. The fourth-order valence-corrected chi connectivity index (χ4v) is 1.44. The van der Waals surface area contributed by atoms with Crippen LogP contribution in [0.3, 0.4) is 0 Å². The molecule has 12 heavy (non-hydrogen) atoms. The van der Waals surface area contributed by atoms with Crippen LogP contribution in [0.1, 0.15) is 9.88 Å². The van der Waals surface area contributed by atoms with Gasteiger partial charge in [0, 0.05) is 13.2 Å². The molecule has 0 saturated carbocycles. The van der Waals surface area contributed by atoms with E-state index in [-0.39, 0.29) is 0 Å². The van der Waals surface area contributed by atoms with Gasteiger partial charge in [-0.1, -0.05) is 0 Å².